The smallest absolute Gasteiger partial charge is 0.227 e. The largest absolute Gasteiger partial charge is 0.342 e. The minimum atomic E-state index is -0.000185. The fraction of sp³-hybridized carbons (Fsp3) is 0.867. The summed E-state index contributed by atoms with van der Waals surface area (Å²) in [5.41, 5.74) is 0. The second-order valence-electron chi connectivity index (χ2n) is 5.98. The van der Waals surface area contributed by atoms with Crippen LogP contribution >= 0.6 is 12.4 Å². The van der Waals surface area contributed by atoms with Crippen molar-refractivity contribution < 1.29 is 9.59 Å². The zero-order valence-electron chi connectivity index (χ0n) is 13.1. The SMILES string of the molecule is CCCN(C(=O)C1CCCN(C(C)=O)C1)C1CCNC1.Cl. The first kappa shape index (κ1) is 18.2. The van der Waals surface area contributed by atoms with Crippen LogP contribution < -0.4 is 5.32 Å². The van der Waals surface area contributed by atoms with Crippen LogP contribution in [-0.4, -0.2) is 60.4 Å². The maximum atomic E-state index is 12.8. The molecule has 0 radical (unpaired) electrons. The Morgan fingerprint density at radius 3 is 2.67 bits per heavy atom. The van der Waals surface area contributed by atoms with Gasteiger partial charge in [0.25, 0.3) is 0 Å². The maximum Gasteiger partial charge on any atom is 0.227 e. The first-order valence-corrected chi connectivity index (χ1v) is 7.90. The highest BCUT2D eigenvalue weighted by atomic mass is 35.5. The lowest BCUT2D eigenvalue weighted by Crippen LogP contribution is -2.50. The Morgan fingerprint density at radius 2 is 2.10 bits per heavy atom. The molecule has 2 rings (SSSR count). The van der Waals surface area contributed by atoms with Gasteiger partial charge in [0.05, 0.1) is 5.92 Å². The van der Waals surface area contributed by atoms with Gasteiger partial charge in [0.15, 0.2) is 0 Å². The van der Waals surface area contributed by atoms with Crippen LogP contribution in [0.25, 0.3) is 0 Å². The Bertz CT molecular complexity index is 359. The average molecular weight is 318 g/mol. The standard InChI is InChI=1S/C15H27N3O2.ClH/c1-3-8-18(14-6-7-16-10-14)15(20)13-5-4-9-17(11-13)12(2)19;/h13-14,16H,3-11H2,1-2H3;1H. The molecule has 2 saturated heterocycles. The van der Waals surface area contributed by atoms with Gasteiger partial charge in [-0.25, -0.2) is 0 Å². The molecule has 2 unspecified atom stereocenters. The van der Waals surface area contributed by atoms with E-state index in [2.05, 4.69) is 17.1 Å². The lowest BCUT2D eigenvalue weighted by Gasteiger charge is -2.36. The Kier molecular flexibility index (Phi) is 7.46. The molecule has 2 heterocycles. The van der Waals surface area contributed by atoms with Crippen molar-refractivity contribution in [3.63, 3.8) is 0 Å². The molecule has 0 saturated carbocycles. The van der Waals surface area contributed by atoms with Gasteiger partial charge in [0.2, 0.25) is 11.8 Å². The molecule has 2 atom stereocenters. The van der Waals surface area contributed by atoms with Crippen LogP contribution in [0.1, 0.15) is 39.5 Å². The summed E-state index contributed by atoms with van der Waals surface area (Å²) in [7, 11) is 0. The number of nitrogens with zero attached hydrogens (tertiary/aromatic N) is 2. The number of piperidine rings is 1. The summed E-state index contributed by atoms with van der Waals surface area (Å²) >= 11 is 0. The van der Waals surface area contributed by atoms with Crippen molar-refractivity contribution in [2.75, 3.05) is 32.7 Å². The number of carbonyl (C=O) groups is 2. The number of amides is 2. The number of likely N-dealkylation sites (tertiary alicyclic amines) is 1. The molecule has 0 bridgehead atoms. The summed E-state index contributed by atoms with van der Waals surface area (Å²) in [6.07, 6.45) is 3.90. The van der Waals surface area contributed by atoms with Gasteiger partial charge in [0.1, 0.15) is 0 Å². The van der Waals surface area contributed by atoms with Crippen LogP contribution in [0.2, 0.25) is 0 Å². The Hall–Kier alpha value is -0.810. The van der Waals surface area contributed by atoms with E-state index in [1.807, 2.05) is 4.90 Å². The van der Waals surface area contributed by atoms with E-state index >= 15 is 0 Å². The number of hydrogen-bond acceptors (Lipinski definition) is 3. The van der Waals surface area contributed by atoms with Gasteiger partial charge in [-0.05, 0) is 32.2 Å². The highest BCUT2D eigenvalue weighted by molar-refractivity contribution is 5.85. The number of hydrogen-bond donors (Lipinski definition) is 1. The van der Waals surface area contributed by atoms with Crippen molar-refractivity contribution in [2.45, 2.75) is 45.6 Å². The average Bonchev–Trinajstić information content (AvgIpc) is 2.98. The van der Waals surface area contributed by atoms with Gasteiger partial charge < -0.3 is 15.1 Å². The van der Waals surface area contributed by atoms with E-state index < -0.39 is 0 Å². The number of rotatable bonds is 4. The summed E-state index contributed by atoms with van der Waals surface area (Å²) < 4.78 is 0. The van der Waals surface area contributed by atoms with E-state index in [1.54, 1.807) is 6.92 Å². The van der Waals surface area contributed by atoms with E-state index in [9.17, 15) is 9.59 Å². The highest BCUT2D eigenvalue weighted by Crippen LogP contribution is 2.21. The molecule has 2 aliphatic rings. The molecule has 0 aliphatic carbocycles. The Morgan fingerprint density at radius 1 is 1.33 bits per heavy atom. The first-order valence-electron chi connectivity index (χ1n) is 7.90. The lowest BCUT2D eigenvalue weighted by molar-refractivity contribution is -0.141. The number of carbonyl (C=O) groups excluding carboxylic acids is 2. The van der Waals surface area contributed by atoms with Crippen LogP contribution in [-0.2, 0) is 9.59 Å². The molecule has 122 valence electrons. The molecule has 0 aromatic heterocycles. The van der Waals surface area contributed by atoms with Crippen LogP contribution in [0.3, 0.4) is 0 Å². The molecule has 0 aromatic carbocycles. The zero-order chi connectivity index (χ0) is 14.5. The van der Waals surface area contributed by atoms with Gasteiger partial charge in [-0.2, -0.15) is 0 Å². The predicted octanol–water partition coefficient (Wildman–Crippen LogP) is 1.27. The molecule has 1 N–H and O–H groups in total. The molecular weight excluding hydrogens is 290 g/mol. The summed E-state index contributed by atoms with van der Waals surface area (Å²) in [6, 6.07) is 0.343. The Balaban J connectivity index is 0.00000220. The van der Waals surface area contributed by atoms with E-state index in [1.165, 1.54) is 0 Å². The third-order valence-corrected chi connectivity index (χ3v) is 4.44. The molecule has 6 heteroatoms. The summed E-state index contributed by atoms with van der Waals surface area (Å²) in [5.74, 6) is 0.346. The van der Waals surface area contributed by atoms with Gasteiger partial charge in [-0.3, -0.25) is 9.59 Å². The topological polar surface area (TPSA) is 52.7 Å². The van der Waals surface area contributed by atoms with Crippen molar-refractivity contribution in [1.82, 2.24) is 15.1 Å². The predicted molar refractivity (Wildman–Crippen MR) is 85.5 cm³/mol. The lowest BCUT2D eigenvalue weighted by atomic mass is 9.95. The van der Waals surface area contributed by atoms with Gasteiger partial charge in [-0.1, -0.05) is 6.92 Å². The van der Waals surface area contributed by atoms with Crippen molar-refractivity contribution in [3.8, 4) is 0 Å². The molecule has 5 nitrogen and oxygen atoms in total. The van der Waals surface area contributed by atoms with E-state index in [4.69, 9.17) is 0 Å². The molecule has 2 amide bonds. The summed E-state index contributed by atoms with van der Waals surface area (Å²) in [5, 5.41) is 3.34. The molecular formula is C15H28ClN3O2. The van der Waals surface area contributed by atoms with Gasteiger partial charge >= 0.3 is 0 Å². The normalized spacial score (nSPS) is 25.3. The Labute approximate surface area is 133 Å². The zero-order valence-corrected chi connectivity index (χ0v) is 14.0. The van der Waals surface area contributed by atoms with Crippen LogP contribution in [0.5, 0.6) is 0 Å². The third-order valence-electron chi connectivity index (χ3n) is 4.44. The van der Waals surface area contributed by atoms with E-state index in [-0.39, 0.29) is 30.1 Å². The highest BCUT2D eigenvalue weighted by Gasteiger charge is 2.33. The summed E-state index contributed by atoms with van der Waals surface area (Å²) in [6.45, 7) is 7.87. The van der Waals surface area contributed by atoms with Crippen LogP contribution in [0.15, 0.2) is 0 Å². The molecule has 2 aliphatic heterocycles. The van der Waals surface area contributed by atoms with Gasteiger partial charge in [0, 0.05) is 39.1 Å². The van der Waals surface area contributed by atoms with Crippen molar-refractivity contribution in [2.24, 2.45) is 5.92 Å². The first-order chi connectivity index (χ1) is 9.63. The minimum absolute atomic E-state index is 0. The third kappa shape index (κ3) is 4.58. The second-order valence-corrected chi connectivity index (χ2v) is 5.98. The van der Waals surface area contributed by atoms with Crippen molar-refractivity contribution in [1.29, 1.82) is 0 Å². The monoisotopic (exact) mass is 317 g/mol. The fourth-order valence-electron chi connectivity index (χ4n) is 3.32. The van der Waals surface area contributed by atoms with Crippen molar-refractivity contribution in [3.05, 3.63) is 0 Å². The molecule has 2 fully saturated rings. The van der Waals surface area contributed by atoms with Crippen molar-refractivity contribution >= 4 is 24.2 Å². The minimum Gasteiger partial charge on any atom is -0.342 e. The fourth-order valence-corrected chi connectivity index (χ4v) is 3.32. The molecule has 0 aromatic rings. The molecule has 21 heavy (non-hydrogen) atoms. The molecule has 0 spiro atoms. The quantitative estimate of drug-likeness (QED) is 0.849. The van der Waals surface area contributed by atoms with Gasteiger partial charge in [-0.15, -0.1) is 12.4 Å². The second kappa shape index (κ2) is 8.59. The van der Waals surface area contributed by atoms with E-state index in [0.717, 1.165) is 51.9 Å². The van der Waals surface area contributed by atoms with Crippen LogP contribution in [0.4, 0.5) is 0 Å². The number of halogens is 1. The summed E-state index contributed by atoms with van der Waals surface area (Å²) in [4.78, 5) is 28.2. The number of nitrogens with one attached hydrogen (secondary N) is 1. The van der Waals surface area contributed by atoms with E-state index in [0.29, 0.717) is 12.6 Å². The maximum absolute atomic E-state index is 12.8. The van der Waals surface area contributed by atoms with Crippen LogP contribution in [0, 0.1) is 5.92 Å².